The van der Waals surface area contributed by atoms with E-state index in [1.807, 2.05) is 54.5 Å². The number of benzene rings is 3. The van der Waals surface area contributed by atoms with E-state index in [-0.39, 0.29) is 12.5 Å². The van der Waals surface area contributed by atoms with E-state index >= 15 is 0 Å². The highest BCUT2D eigenvalue weighted by molar-refractivity contribution is 5.79. The molecule has 0 atom stereocenters. The lowest BCUT2D eigenvalue weighted by atomic mass is 9.98. The molecule has 4 rings (SSSR count). The van der Waals surface area contributed by atoms with Crippen molar-refractivity contribution in [3.05, 3.63) is 94.5 Å². The Kier molecular flexibility index (Phi) is 6.48. The van der Waals surface area contributed by atoms with Crippen LogP contribution in [0.4, 0.5) is 31.1 Å². The summed E-state index contributed by atoms with van der Waals surface area (Å²) >= 11 is 0. The Balaban J connectivity index is 1.43. The van der Waals surface area contributed by atoms with Crippen molar-refractivity contribution in [2.75, 3.05) is 13.2 Å². The highest BCUT2D eigenvalue weighted by Crippen LogP contribution is 2.44. The normalized spacial score (nSPS) is 12.9. The number of ether oxygens (including phenoxy) is 1. The first-order valence-corrected chi connectivity index (χ1v) is 10.4. The molecule has 3 nitrogen and oxygen atoms in total. The quantitative estimate of drug-likeness (QED) is 0.332. The average Bonchev–Trinajstić information content (AvgIpc) is 3.13. The molecule has 9 heteroatoms. The molecule has 0 unspecified atom stereocenters. The summed E-state index contributed by atoms with van der Waals surface area (Å²) in [6, 6.07) is 17.1. The Morgan fingerprint density at radius 3 is 1.83 bits per heavy atom. The summed E-state index contributed by atoms with van der Waals surface area (Å²) in [6.07, 6.45) is -10.9. The Morgan fingerprint density at radius 1 is 0.800 bits per heavy atom. The SMILES string of the molecule is O=C(NCC#Cc1c(C(F)(F)F)cccc1C(F)(F)F)OCC1c2ccccc2-c2ccccc21. The van der Waals surface area contributed by atoms with Crippen molar-refractivity contribution in [2.24, 2.45) is 0 Å². The Labute approximate surface area is 196 Å². The van der Waals surface area contributed by atoms with Gasteiger partial charge in [0.2, 0.25) is 0 Å². The van der Waals surface area contributed by atoms with E-state index < -0.39 is 41.7 Å². The van der Waals surface area contributed by atoms with Gasteiger partial charge in [-0.15, -0.1) is 0 Å². The predicted octanol–water partition coefficient (Wildman–Crippen LogP) is 6.61. The van der Waals surface area contributed by atoms with Crippen molar-refractivity contribution >= 4 is 6.09 Å². The van der Waals surface area contributed by atoms with Gasteiger partial charge in [0.1, 0.15) is 6.61 Å². The van der Waals surface area contributed by atoms with Crippen LogP contribution in [-0.2, 0) is 17.1 Å². The zero-order chi connectivity index (χ0) is 25.2. The van der Waals surface area contributed by atoms with Crippen LogP contribution in [-0.4, -0.2) is 19.2 Å². The largest absolute Gasteiger partial charge is 0.449 e. The number of carbonyl (C=O) groups is 1. The maximum absolute atomic E-state index is 13.2. The van der Waals surface area contributed by atoms with Crippen LogP contribution in [0.15, 0.2) is 66.7 Å². The van der Waals surface area contributed by atoms with Gasteiger partial charge in [0, 0.05) is 11.5 Å². The van der Waals surface area contributed by atoms with E-state index in [0.29, 0.717) is 18.2 Å². The molecule has 1 N–H and O–H groups in total. The summed E-state index contributed by atoms with van der Waals surface area (Å²) in [5.74, 6) is 3.87. The van der Waals surface area contributed by atoms with E-state index in [0.717, 1.165) is 22.3 Å². The molecule has 0 fully saturated rings. The summed E-state index contributed by atoms with van der Waals surface area (Å²) in [4.78, 5) is 12.1. The number of nitrogens with one attached hydrogen (secondary N) is 1. The second-order valence-electron chi connectivity index (χ2n) is 7.70. The van der Waals surface area contributed by atoms with Crippen molar-refractivity contribution in [3.63, 3.8) is 0 Å². The lowest BCUT2D eigenvalue weighted by Gasteiger charge is -2.15. The molecule has 1 aliphatic rings. The van der Waals surface area contributed by atoms with E-state index in [9.17, 15) is 31.1 Å². The van der Waals surface area contributed by atoms with Gasteiger partial charge in [-0.3, -0.25) is 0 Å². The molecular formula is C26H17F6NO2. The first-order valence-electron chi connectivity index (χ1n) is 10.4. The second kappa shape index (κ2) is 9.37. The third-order valence-corrected chi connectivity index (χ3v) is 5.55. The number of halogens is 6. The van der Waals surface area contributed by atoms with Crippen LogP contribution in [0, 0.1) is 11.8 Å². The molecule has 3 aromatic rings. The lowest BCUT2D eigenvalue weighted by molar-refractivity contribution is -0.143. The fourth-order valence-electron chi connectivity index (χ4n) is 4.06. The molecule has 0 aromatic heterocycles. The fourth-order valence-corrected chi connectivity index (χ4v) is 4.06. The maximum atomic E-state index is 13.2. The summed E-state index contributed by atoms with van der Waals surface area (Å²) in [7, 11) is 0. The summed E-state index contributed by atoms with van der Waals surface area (Å²) < 4.78 is 84.4. The van der Waals surface area contributed by atoms with Gasteiger partial charge in [-0.1, -0.05) is 66.4 Å². The van der Waals surface area contributed by atoms with Gasteiger partial charge in [-0.05, 0) is 34.4 Å². The van der Waals surface area contributed by atoms with Crippen LogP contribution >= 0.6 is 0 Å². The molecule has 0 saturated carbocycles. The smallest absolute Gasteiger partial charge is 0.417 e. The molecule has 35 heavy (non-hydrogen) atoms. The molecule has 0 spiro atoms. The van der Waals surface area contributed by atoms with Gasteiger partial charge in [-0.2, -0.15) is 26.3 Å². The Hall–Kier alpha value is -3.93. The van der Waals surface area contributed by atoms with Gasteiger partial charge in [0.25, 0.3) is 0 Å². The highest BCUT2D eigenvalue weighted by Gasteiger charge is 2.40. The molecule has 0 bridgehead atoms. The van der Waals surface area contributed by atoms with Gasteiger partial charge >= 0.3 is 18.4 Å². The Morgan fingerprint density at radius 2 is 1.31 bits per heavy atom. The van der Waals surface area contributed by atoms with Crippen LogP contribution < -0.4 is 5.32 Å². The number of rotatable bonds is 3. The predicted molar refractivity (Wildman–Crippen MR) is 116 cm³/mol. The van der Waals surface area contributed by atoms with E-state index in [1.54, 1.807) is 0 Å². The topological polar surface area (TPSA) is 38.3 Å². The van der Waals surface area contributed by atoms with Crippen molar-refractivity contribution in [1.29, 1.82) is 0 Å². The molecule has 0 aliphatic heterocycles. The number of alkyl halides is 6. The van der Waals surface area contributed by atoms with Gasteiger partial charge in [0.05, 0.1) is 17.7 Å². The minimum Gasteiger partial charge on any atom is -0.449 e. The van der Waals surface area contributed by atoms with Crippen LogP contribution in [0.5, 0.6) is 0 Å². The molecule has 180 valence electrons. The molecule has 1 aliphatic carbocycles. The van der Waals surface area contributed by atoms with Crippen molar-refractivity contribution in [2.45, 2.75) is 18.3 Å². The monoisotopic (exact) mass is 489 g/mol. The number of alkyl carbamates (subject to hydrolysis) is 1. The standard InChI is InChI=1S/C26H17F6NO2/c27-25(28,29)22-12-5-13-23(26(30,31)32)20(22)11-6-14-33-24(34)35-15-21-18-9-3-1-7-16(18)17-8-2-4-10-19(17)21/h1-5,7-10,12-13,21H,14-15H2,(H,33,34). The third kappa shape index (κ3) is 5.11. The first-order chi connectivity index (χ1) is 16.6. The van der Waals surface area contributed by atoms with Gasteiger partial charge < -0.3 is 10.1 Å². The van der Waals surface area contributed by atoms with Crippen molar-refractivity contribution < 1.29 is 35.9 Å². The fraction of sp³-hybridized carbons (Fsp3) is 0.192. The van der Waals surface area contributed by atoms with E-state index in [1.165, 1.54) is 0 Å². The maximum Gasteiger partial charge on any atom is 0.417 e. The van der Waals surface area contributed by atoms with Gasteiger partial charge in [-0.25, -0.2) is 4.79 Å². The lowest BCUT2D eigenvalue weighted by Crippen LogP contribution is -2.26. The molecule has 1 amide bonds. The van der Waals surface area contributed by atoms with Gasteiger partial charge in [0.15, 0.2) is 0 Å². The summed E-state index contributed by atoms with van der Waals surface area (Å²) in [5, 5.41) is 2.24. The van der Waals surface area contributed by atoms with Crippen molar-refractivity contribution in [1.82, 2.24) is 5.32 Å². The summed E-state index contributed by atoms with van der Waals surface area (Å²) in [6.45, 7) is -0.497. The van der Waals surface area contributed by atoms with Crippen LogP contribution in [0.25, 0.3) is 11.1 Å². The summed E-state index contributed by atoms with van der Waals surface area (Å²) in [5.41, 5.74) is -0.142. The number of fused-ring (bicyclic) bond motifs is 3. The molecule has 0 radical (unpaired) electrons. The Bertz CT molecular complexity index is 1240. The third-order valence-electron chi connectivity index (χ3n) is 5.55. The molecular weight excluding hydrogens is 472 g/mol. The molecule has 3 aromatic carbocycles. The molecule has 0 heterocycles. The first kappa shape index (κ1) is 24.2. The van der Waals surface area contributed by atoms with Crippen LogP contribution in [0.1, 0.15) is 33.7 Å². The van der Waals surface area contributed by atoms with Crippen molar-refractivity contribution in [3.8, 4) is 23.0 Å². The number of hydrogen-bond donors (Lipinski definition) is 1. The minimum atomic E-state index is -5.02. The zero-order valence-electron chi connectivity index (χ0n) is 17.9. The van der Waals surface area contributed by atoms with Crippen LogP contribution in [0.2, 0.25) is 0 Å². The highest BCUT2D eigenvalue weighted by atomic mass is 19.4. The second-order valence-corrected chi connectivity index (χ2v) is 7.70. The average molecular weight is 489 g/mol. The number of carbonyl (C=O) groups excluding carboxylic acids is 1. The number of hydrogen-bond acceptors (Lipinski definition) is 2. The van der Waals surface area contributed by atoms with E-state index in [2.05, 4.69) is 11.2 Å². The van der Waals surface area contributed by atoms with Crippen LogP contribution in [0.3, 0.4) is 0 Å². The van der Waals surface area contributed by atoms with E-state index in [4.69, 9.17) is 4.74 Å². The minimum absolute atomic E-state index is 0.00240. The number of amides is 1. The zero-order valence-corrected chi connectivity index (χ0v) is 17.9. The molecule has 0 saturated heterocycles.